The molecule has 1 N–H and O–H groups in total. The van der Waals surface area contributed by atoms with Crippen molar-refractivity contribution in [3.8, 4) is 11.4 Å². The second-order valence-corrected chi connectivity index (χ2v) is 5.98. The number of nitrogens with zero attached hydrogens (tertiary/aromatic N) is 4. The van der Waals surface area contributed by atoms with E-state index in [9.17, 15) is 4.79 Å². The maximum atomic E-state index is 12.0. The van der Waals surface area contributed by atoms with Crippen LogP contribution in [0.3, 0.4) is 0 Å². The molecule has 3 rings (SSSR count). The number of hydrogen-bond donors (Lipinski definition) is 1. The molecule has 1 fully saturated rings. The average Bonchev–Trinajstić information content (AvgIpc) is 3.28. The number of nitrogens with one attached hydrogen (secondary N) is 1. The van der Waals surface area contributed by atoms with Crippen LogP contribution >= 0.6 is 0 Å². The van der Waals surface area contributed by atoms with Gasteiger partial charge in [-0.05, 0) is 38.1 Å². The first kappa shape index (κ1) is 16.6. The van der Waals surface area contributed by atoms with E-state index in [4.69, 9.17) is 4.52 Å². The van der Waals surface area contributed by atoms with Gasteiger partial charge in [0.1, 0.15) is 0 Å². The van der Waals surface area contributed by atoms with Crippen LogP contribution in [0.2, 0.25) is 0 Å². The smallest absolute Gasteiger partial charge is 0.227 e. The second kappa shape index (κ2) is 8.01. The Bertz CT molecular complexity index is 658. The average molecular weight is 329 g/mol. The largest absolute Gasteiger partial charge is 0.355 e. The number of aryl methyl sites for hydroxylation is 1. The number of likely N-dealkylation sites (tertiary alicyclic amines) is 1. The van der Waals surface area contributed by atoms with Gasteiger partial charge in [-0.3, -0.25) is 14.7 Å². The lowest BCUT2D eigenvalue weighted by molar-refractivity contribution is -0.121. The van der Waals surface area contributed by atoms with E-state index in [-0.39, 0.29) is 5.91 Å². The molecule has 128 valence electrons. The van der Waals surface area contributed by atoms with Crippen molar-refractivity contribution in [2.45, 2.75) is 38.6 Å². The third-order valence-electron chi connectivity index (χ3n) is 4.41. The van der Waals surface area contributed by atoms with Crippen molar-refractivity contribution in [3.63, 3.8) is 0 Å². The molecule has 0 spiro atoms. The number of pyridine rings is 1. The van der Waals surface area contributed by atoms with Crippen molar-refractivity contribution in [2.75, 3.05) is 19.6 Å². The van der Waals surface area contributed by atoms with E-state index in [0.717, 1.165) is 31.6 Å². The summed E-state index contributed by atoms with van der Waals surface area (Å²) in [7, 11) is 0. The number of rotatable bonds is 7. The van der Waals surface area contributed by atoms with Gasteiger partial charge in [0.15, 0.2) is 0 Å². The summed E-state index contributed by atoms with van der Waals surface area (Å²) in [4.78, 5) is 22.7. The third-order valence-corrected chi connectivity index (χ3v) is 4.41. The van der Waals surface area contributed by atoms with Crippen LogP contribution in [0.5, 0.6) is 0 Å². The minimum Gasteiger partial charge on any atom is -0.355 e. The zero-order valence-corrected chi connectivity index (χ0v) is 13.9. The maximum Gasteiger partial charge on any atom is 0.227 e. The predicted octanol–water partition coefficient (Wildman–Crippen LogP) is 1.66. The quantitative estimate of drug-likeness (QED) is 0.832. The van der Waals surface area contributed by atoms with Crippen molar-refractivity contribution < 1.29 is 9.32 Å². The van der Waals surface area contributed by atoms with Crippen LogP contribution in [-0.4, -0.2) is 51.6 Å². The SMILES string of the molecule is CCN1CCC[C@H]1CNC(=O)CCc1nc(-c2ccncc2)no1. The molecule has 0 saturated carbocycles. The van der Waals surface area contributed by atoms with Crippen molar-refractivity contribution in [2.24, 2.45) is 0 Å². The molecule has 1 saturated heterocycles. The predicted molar refractivity (Wildman–Crippen MR) is 89.1 cm³/mol. The van der Waals surface area contributed by atoms with E-state index in [1.54, 1.807) is 12.4 Å². The molecule has 3 heterocycles. The Labute approximate surface area is 141 Å². The van der Waals surface area contributed by atoms with E-state index >= 15 is 0 Å². The van der Waals surface area contributed by atoms with Crippen LogP contribution in [0.1, 0.15) is 32.1 Å². The first-order valence-electron chi connectivity index (χ1n) is 8.50. The summed E-state index contributed by atoms with van der Waals surface area (Å²) >= 11 is 0. The highest BCUT2D eigenvalue weighted by molar-refractivity contribution is 5.76. The van der Waals surface area contributed by atoms with Gasteiger partial charge in [-0.15, -0.1) is 0 Å². The summed E-state index contributed by atoms with van der Waals surface area (Å²) < 4.78 is 5.21. The number of aromatic nitrogens is 3. The van der Waals surface area contributed by atoms with Gasteiger partial charge in [-0.2, -0.15) is 4.98 Å². The van der Waals surface area contributed by atoms with Gasteiger partial charge in [0.05, 0.1) is 0 Å². The number of carbonyl (C=O) groups is 1. The van der Waals surface area contributed by atoms with Crippen molar-refractivity contribution in [1.29, 1.82) is 0 Å². The van der Waals surface area contributed by atoms with Crippen LogP contribution in [0.4, 0.5) is 0 Å². The molecule has 1 aliphatic rings. The summed E-state index contributed by atoms with van der Waals surface area (Å²) in [6.45, 7) is 5.06. The van der Waals surface area contributed by atoms with Gasteiger partial charge in [-0.25, -0.2) is 0 Å². The lowest BCUT2D eigenvalue weighted by Crippen LogP contribution is -2.40. The Hall–Kier alpha value is -2.28. The summed E-state index contributed by atoms with van der Waals surface area (Å²) in [5.74, 6) is 1.03. The molecular weight excluding hydrogens is 306 g/mol. The monoisotopic (exact) mass is 329 g/mol. The highest BCUT2D eigenvalue weighted by Crippen LogP contribution is 2.16. The Morgan fingerprint density at radius 3 is 3.04 bits per heavy atom. The van der Waals surface area contributed by atoms with E-state index in [1.807, 2.05) is 12.1 Å². The summed E-state index contributed by atoms with van der Waals surface area (Å²) in [6, 6.07) is 4.12. The molecule has 1 atom stereocenters. The Balaban J connectivity index is 1.44. The van der Waals surface area contributed by atoms with Gasteiger partial charge >= 0.3 is 0 Å². The molecule has 0 aromatic carbocycles. The Morgan fingerprint density at radius 2 is 2.25 bits per heavy atom. The highest BCUT2D eigenvalue weighted by Gasteiger charge is 2.23. The first-order valence-corrected chi connectivity index (χ1v) is 8.50. The zero-order valence-electron chi connectivity index (χ0n) is 13.9. The standard InChI is InChI=1S/C17H23N5O2/c1-2-22-11-3-4-14(22)12-19-15(23)5-6-16-20-17(21-24-16)13-7-9-18-10-8-13/h7-10,14H,2-6,11-12H2,1H3,(H,19,23)/t14-/m0/s1. The minimum absolute atomic E-state index is 0.0293. The normalized spacial score (nSPS) is 18.0. The van der Waals surface area contributed by atoms with Crippen molar-refractivity contribution in [1.82, 2.24) is 25.3 Å². The van der Waals surface area contributed by atoms with E-state index < -0.39 is 0 Å². The van der Waals surface area contributed by atoms with E-state index in [2.05, 4.69) is 32.3 Å². The lowest BCUT2D eigenvalue weighted by atomic mass is 10.2. The van der Waals surface area contributed by atoms with Gasteiger partial charge < -0.3 is 9.84 Å². The fourth-order valence-electron chi connectivity index (χ4n) is 3.06. The third kappa shape index (κ3) is 4.17. The molecule has 1 amide bonds. The zero-order chi connectivity index (χ0) is 16.8. The maximum absolute atomic E-state index is 12.0. The second-order valence-electron chi connectivity index (χ2n) is 5.98. The Morgan fingerprint density at radius 1 is 1.42 bits per heavy atom. The van der Waals surface area contributed by atoms with Crippen LogP contribution in [0.25, 0.3) is 11.4 Å². The molecule has 1 aliphatic heterocycles. The van der Waals surface area contributed by atoms with Gasteiger partial charge in [-0.1, -0.05) is 12.1 Å². The van der Waals surface area contributed by atoms with Crippen molar-refractivity contribution >= 4 is 5.91 Å². The fourth-order valence-corrected chi connectivity index (χ4v) is 3.06. The highest BCUT2D eigenvalue weighted by atomic mass is 16.5. The number of likely N-dealkylation sites (N-methyl/N-ethyl adjacent to an activating group) is 1. The molecule has 7 nitrogen and oxygen atoms in total. The van der Waals surface area contributed by atoms with Gasteiger partial charge in [0, 0.05) is 43.4 Å². The number of carbonyl (C=O) groups excluding carboxylic acids is 1. The first-order chi connectivity index (χ1) is 11.8. The van der Waals surface area contributed by atoms with Gasteiger partial charge in [0.25, 0.3) is 0 Å². The lowest BCUT2D eigenvalue weighted by Gasteiger charge is -2.22. The summed E-state index contributed by atoms with van der Waals surface area (Å²) in [6.07, 6.45) is 6.55. The molecule has 24 heavy (non-hydrogen) atoms. The summed E-state index contributed by atoms with van der Waals surface area (Å²) in [5.41, 5.74) is 0.852. The van der Waals surface area contributed by atoms with E-state index in [0.29, 0.717) is 30.6 Å². The fraction of sp³-hybridized carbons (Fsp3) is 0.529. The minimum atomic E-state index is 0.0293. The molecule has 0 radical (unpaired) electrons. The topological polar surface area (TPSA) is 84.2 Å². The molecular formula is C17H23N5O2. The van der Waals surface area contributed by atoms with Gasteiger partial charge in [0.2, 0.25) is 17.6 Å². The summed E-state index contributed by atoms with van der Waals surface area (Å²) in [5, 5.41) is 6.96. The van der Waals surface area contributed by atoms with Crippen LogP contribution in [0, 0.1) is 0 Å². The van der Waals surface area contributed by atoms with Crippen LogP contribution < -0.4 is 5.32 Å². The molecule has 0 unspecified atom stereocenters. The number of hydrogen-bond acceptors (Lipinski definition) is 6. The molecule has 7 heteroatoms. The van der Waals surface area contributed by atoms with E-state index in [1.165, 1.54) is 6.42 Å². The van der Waals surface area contributed by atoms with Crippen LogP contribution in [0.15, 0.2) is 29.0 Å². The Kier molecular flexibility index (Phi) is 5.53. The number of amides is 1. The molecule has 2 aromatic heterocycles. The van der Waals surface area contributed by atoms with Crippen molar-refractivity contribution in [3.05, 3.63) is 30.4 Å². The van der Waals surface area contributed by atoms with Crippen LogP contribution in [-0.2, 0) is 11.2 Å². The molecule has 0 aliphatic carbocycles. The molecule has 0 bridgehead atoms. The molecule has 2 aromatic rings.